The minimum Gasteiger partial charge on any atom is -0.469 e. The molecule has 1 saturated carbocycles. The molecule has 2 N–H and O–H groups in total. The summed E-state index contributed by atoms with van der Waals surface area (Å²) < 4.78 is 10.2. The Morgan fingerprint density at radius 3 is 2.68 bits per heavy atom. The molecule has 22 heavy (non-hydrogen) atoms. The van der Waals surface area contributed by atoms with Gasteiger partial charge in [0.05, 0.1) is 19.1 Å². The van der Waals surface area contributed by atoms with Gasteiger partial charge in [0.1, 0.15) is 11.5 Å². The number of amides is 2. The molecule has 1 aliphatic rings. The Morgan fingerprint density at radius 1 is 1.36 bits per heavy atom. The molecule has 0 saturated heterocycles. The number of nitrogens with one attached hydrogen (secondary N) is 2. The molecule has 0 unspecified atom stereocenters. The highest BCUT2D eigenvalue weighted by molar-refractivity contribution is 5.76. The van der Waals surface area contributed by atoms with Gasteiger partial charge in [-0.25, -0.2) is 4.79 Å². The number of hydrogen-bond acceptors (Lipinski definition) is 4. The Morgan fingerprint density at radius 2 is 2.09 bits per heavy atom. The van der Waals surface area contributed by atoms with E-state index >= 15 is 0 Å². The molecule has 122 valence electrons. The fourth-order valence-corrected chi connectivity index (χ4v) is 3.08. The van der Waals surface area contributed by atoms with Crippen LogP contribution in [0.5, 0.6) is 0 Å². The average molecular weight is 308 g/mol. The zero-order chi connectivity index (χ0) is 16.3. The molecule has 1 aromatic heterocycles. The van der Waals surface area contributed by atoms with Gasteiger partial charge in [0.15, 0.2) is 0 Å². The van der Waals surface area contributed by atoms with Crippen molar-refractivity contribution in [2.75, 3.05) is 7.11 Å². The fraction of sp³-hybridized carbons (Fsp3) is 0.625. The maximum Gasteiger partial charge on any atom is 0.315 e. The summed E-state index contributed by atoms with van der Waals surface area (Å²) >= 11 is 0. The van der Waals surface area contributed by atoms with Crippen LogP contribution in [0.4, 0.5) is 4.79 Å². The van der Waals surface area contributed by atoms with E-state index in [0.717, 1.165) is 29.9 Å². The van der Waals surface area contributed by atoms with E-state index in [9.17, 15) is 9.59 Å². The third kappa shape index (κ3) is 3.81. The van der Waals surface area contributed by atoms with Crippen LogP contribution in [0.3, 0.4) is 0 Å². The number of esters is 1. The highest BCUT2D eigenvalue weighted by atomic mass is 16.5. The summed E-state index contributed by atoms with van der Waals surface area (Å²) in [5, 5.41) is 5.84. The molecule has 1 fully saturated rings. The van der Waals surface area contributed by atoms with E-state index in [-0.39, 0.29) is 30.0 Å². The van der Waals surface area contributed by atoms with Crippen LogP contribution in [0.25, 0.3) is 0 Å². The van der Waals surface area contributed by atoms with Crippen molar-refractivity contribution >= 4 is 12.0 Å². The van der Waals surface area contributed by atoms with Crippen LogP contribution in [0, 0.1) is 19.8 Å². The van der Waals surface area contributed by atoms with Gasteiger partial charge in [0, 0.05) is 11.6 Å². The van der Waals surface area contributed by atoms with Gasteiger partial charge >= 0.3 is 12.0 Å². The number of hydrogen-bond donors (Lipinski definition) is 2. The number of aryl methyl sites for hydroxylation is 2. The van der Waals surface area contributed by atoms with E-state index < -0.39 is 0 Å². The van der Waals surface area contributed by atoms with Crippen molar-refractivity contribution in [3.05, 3.63) is 23.2 Å². The highest BCUT2D eigenvalue weighted by Gasteiger charge is 2.31. The third-order valence-electron chi connectivity index (χ3n) is 4.20. The average Bonchev–Trinajstić information content (AvgIpc) is 3.04. The maximum absolute atomic E-state index is 12.1. The Bertz CT molecular complexity index is 552. The van der Waals surface area contributed by atoms with Crippen LogP contribution in [0.2, 0.25) is 0 Å². The van der Waals surface area contributed by atoms with E-state index in [4.69, 9.17) is 9.15 Å². The Labute approximate surface area is 130 Å². The number of urea groups is 1. The van der Waals surface area contributed by atoms with Gasteiger partial charge in [-0.05, 0) is 46.1 Å². The van der Waals surface area contributed by atoms with Crippen molar-refractivity contribution < 1.29 is 18.7 Å². The van der Waals surface area contributed by atoms with Crippen molar-refractivity contribution in [1.82, 2.24) is 10.6 Å². The van der Waals surface area contributed by atoms with Crippen LogP contribution in [-0.2, 0) is 9.53 Å². The number of furan rings is 1. The van der Waals surface area contributed by atoms with Gasteiger partial charge in [0.25, 0.3) is 0 Å². The monoisotopic (exact) mass is 308 g/mol. The summed E-state index contributed by atoms with van der Waals surface area (Å²) in [7, 11) is 1.40. The molecule has 0 radical (unpaired) electrons. The van der Waals surface area contributed by atoms with E-state index in [1.807, 2.05) is 26.8 Å². The standard InChI is InChI=1S/C16H24N2O4/c1-9-7-14(11(3)22-9)10(2)17-16(20)18-13-6-5-12(8-13)15(19)21-4/h7,10,12-13H,5-6,8H2,1-4H3,(H2,17,18,20)/t10-,12+,13-/m1/s1. The third-order valence-corrected chi connectivity index (χ3v) is 4.20. The van der Waals surface area contributed by atoms with Crippen LogP contribution in [-0.4, -0.2) is 25.2 Å². The van der Waals surface area contributed by atoms with Crippen molar-refractivity contribution in [3.63, 3.8) is 0 Å². The zero-order valence-corrected chi connectivity index (χ0v) is 13.6. The lowest BCUT2D eigenvalue weighted by Crippen LogP contribution is -2.42. The number of rotatable bonds is 4. The van der Waals surface area contributed by atoms with Crippen molar-refractivity contribution in [1.29, 1.82) is 0 Å². The van der Waals surface area contributed by atoms with Crippen LogP contribution in [0.15, 0.2) is 10.5 Å². The van der Waals surface area contributed by atoms with Gasteiger partial charge in [0.2, 0.25) is 0 Å². The molecule has 0 aliphatic heterocycles. The first-order chi connectivity index (χ1) is 10.4. The number of ether oxygens (including phenoxy) is 1. The first-order valence-corrected chi connectivity index (χ1v) is 7.62. The van der Waals surface area contributed by atoms with Gasteiger partial charge in [-0.2, -0.15) is 0 Å². The molecular weight excluding hydrogens is 284 g/mol. The van der Waals surface area contributed by atoms with Crippen molar-refractivity contribution in [2.24, 2.45) is 5.92 Å². The Hall–Kier alpha value is -1.98. The van der Waals surface area contributed by atoms with Gasteiger partial charge < -0.3 is 19.8 Å². The van der Waals surface area contributed by atoms with Gasteiger partial charge in [-0.3, -0.25) is 4.79 Å². The Balaban J connectivity index is 1.83. The second kappa shape index (κ2) is 6.85. The summed E-state index contributed by atoms with van der Waals surface area (Å²) in [6.07, 6.45) is 2.19. The molecule has 6 nitrogen and oxygen atoms in total. The second-order valence-corrected chi connectivity index (χ2v) is 5.94. The summed E-state index contributed by atoms with van der Waals surface area (Å²) in [5.41, 5.74) is 0.978. The van der Waals surface area contributed by atoms with Gasteiger partial charge in [-0.1, -0.05) is 0 Å². The van der Waals surface area contributed by atoms with Gasteiger partial charge in [-0.15, -0.1) is 0 Å². The van der Waals surface area contributed by atoms with Crippen molar-refractivity contribution in [2.45, 2.75) is 52.1 Å². The predicted molar refractivity (Wildman–Crippen MR) is 81.4 cm³/mol. The number of carbonyl (C=O) groups is 2. The Kier molecular flexibility index (Phi) is 5.11. The number of carbonyl (C=O) groups excluding carboxylic acids is 2. The topological polar surface area (TPSA) is 80.6 Å². The second-order valence-electron chi connectivity index (χ2n) is 5.94. The molecule has 1 aliphatic carbocycles. The van der Waals surface area contributed by atoms with E-state index in [2.05, 4.69) is 10.6 Å². The van der Waals surface area contributed by atoms with E-state index in [0.29, 0.717) is 6.42 Å². The van der Waals surface area contributed by atoms with Crippen molar-refractivity contribution in [3.8, 4) is 0 Å². The molecule has 3 atom stereocenters. The SMILES string of the molecule is COC(=O)[C@H]1CC[C@@H](NC(=O)N[C@H](C)c2cc(C)oc2C)C1. The quantitative estimate of drug-likeness (QED) is 0.838. The smallest absolute Gasteiger partial charge is 0.315 e. The lowest BCUT2D eigenvalue weighted by Gasteiger charge is -2.17. The largest absolute Gasteiger partial charge is 0.469 e. The summed E-state index contributed by atoms with van der Waals surface area (Å²) in [5.74, 6) is 1.35. The van der Waals surface area contributed by atoms with Crippen LogP contribution < -0.4 is 10.6 Å². The molecule has 0 bridgehead atoms. The normalized spacial score (nSPS) is 22.2. The first-order valence-electron chi connectivity index (χ1n) is 7.62. The summed E-state index contributed by atoms with van der Waals surface area (Å²) in [4.78, 5) is 23.6. The minimum absolute atomic E-state index is 0.0171. The zero-order valence-electron chi connectivity index (χ0n) is 13.6. The molecule has 0 spiro atoms. The van der Waals surface area contributed by atoms with E-state index in [1.54, 1.807) is 0 Å². The van der Waals surface area contributed by atoms with Crippen LogP contribution in [0.1, 0.15) is 49.3 Å². The molecule has 2 rings (SSSR count). The highest BCUT2D eigenvalue weighted by Crippen LogP contribution is 2.26. The minimum atomic E-state index is -0.221. The molecule has 0 aromatic carbocycles. The molecule has 2 amide bonds. The lowest BCUT2D eigenvalue weighted by molar-refractivity contribution is -0.145. The molecular formula is C16H24N2O4. The van der Waals surface area contributed by atoms with Crippen LogP contribution >= 0.6 is 0 Å². The fourth-order valence-electron chi connectivity index (χ4n) is 3.08. The number of methoxy groups -OCH3 is 1. The summed E-state index contributed by atoms with van der Waals surface area (Å²) in [6.45, 7) is 5.69. The summed E-state index contributed by atoms with van der Waals surface area (Å²) in [6, 6.07) is 1.60. The van der Waals surface area contributed by atoms with E-state index in [1.165, 1.54) is 7.11 Å². The maximum atomic E-state index is 12.1. The molecule has 1 aromatic rings. The molecule has 6 heteroatoms. The first kappa shape index (κ1) is 16.4. The molecule has 1 heterocycles. The lowest BCUT2D eigenvalue weighted by atomic mass is 10.1. The predicted octanol–water partition coefficient (Wildman–Crippen LogP) is 2.60.